The van der Waals surface area contributed by atoms with Gasteiger partial charge in [-0.15, -0.1) is 0 Å². The molecule has 0 fully saturated rings. The van der Waals surface area contributed by atoms with E-state index in [1.165, 1.54) is 104 Å². The molecule has 0 amide bonds. The smallest absolute Gasteiger partial charge is 0.00200 e. The second kappa shape index (κ2) is 12.6. The van der Waals surface area contributed by atoms with Gasteiger partial charge in [-0.2, -0.15) is 0 Å². The van der Waals surface area contributed by atoms with Crippen molar-refractivity contribution >= 4 is 53.9 Å². The topological polar surface area (TPSA) is 0 Å². The third kappa shape index (κ3) is 5.13. The van der Waals surface area contributed by atoms with Gasteiger partial charge in [0.15, 0.2) is 0 Å². The summed E-state index contributed by atoms with van der Waals surface area (Å²) in [4.78, 5) is 0. The first kappa shape index (κ1) is 32.2. The van der Waals surface area contributed by atoms with Crippen LogP contribution in [0.15, 0.2) is 188 Å². The van der Waals surface area contributed by atoms with E-state index in [1.807, 2.05) is 0 Å². The number of hydrogen-bond acceptors (Lipinski definition) is 0. The SMILES string of the molecule is CC(C)(C)c1ccc2c(-c3ccc(-c4c5ccccc5c(-c5ccccc5)c5ccccc45)cc3)c3ccccc3c(-c3cccc4ccccc34)c2c1. The third-order valence-electron chi connectivity index (χ3n) is 11.4. The van der Waals surface area contributed by atoms with E-state index in [0.29, 0.717) is 0 Å². The maximum atomic E-state index is 2.46. The fraction of sp³-hybridized carbons (Fsp3) is 0.0741. The Hall–Kier alpha value is -6.50. The van der Waals surface area contributed by atoms with Crippen molar-refractivity contribution in [2.75, 3.05) is 0 Å². The van der Waals surface area contributed by atoms with Crippen molar-refractivity contribution < 1.29 is 0 Å². The number of hydrogen-bond donors (Lipinski definition) is 0. The Bertz CT molecular complexity index is 2990. The van der Waals surface area contributed by atoms with Gasteiger partial charge in [0, 0.05) is 0 Å². The minimum Gasteiger partial charge on any atom is -0.0622 e. The van der Waals surface area contributed by atoms with Gasteiger partial charge >= 0.3 is 0 Å². The van der Waals surface area contributed by atoms with Gasteiger partial charge in [-0.25, -0.2) is 0 Å². The molecule has 0 aromatic heterocycles. The highest BCUT2D eigenvalue weighted by Crippen LogP contribution is 2.48. The maximum absolute atomic E-state index is 2.46. The molecule has 0 aliphatic rings. The van der Waals surface area contributed by atoms with Crippen molar-refractivity contribution in [2.45, 2.75) is 26.2 Å². The zero-order valence-electron chi connectivity index (χ0n) is 30.9. The predicted molar refractivity (Wildman–Crippen MR) is 234 cm³/mol. The normalized spacial score (nSPS) is 12.0. The maximum Gasteiger partial charge on any atom is -0.00200 e. The van der Waals surface area contributed by atoms with Crippen molar-refractivity contribution in [2.24, 2.45) is 0 Å². The summed E-state index contributed by atoms with van der Waals surface area (Å²) in [6, 6.07) is 69.7. The highest BCUT2D eigenvalue weighted by atomic mass is 14.3. The molecule has 0 atom stereocenters. The van der Waals surface area contributed by atoms with Crippen molar-refractivity contribution in [1.29, 1.82) is 0 Å². The van der Waals surface area contributed by atoms with E-state index in [0.717, 1.165) is 0 Å². The van der Waals surface area contributed by atoms with E-state index < -0.39 is 0 Å². The van der Waals surface area contributed by atoms with Crippen molar-refractivity contribution in [3.8, 4) is 44.5 Å². The lowest BCUT2D eigenvalue weighted by atomic mass is 9.80. The van der Waals surface area contributed by atoms with E-state index in [1.54, 1.807) is 0 Å². The summed E-state index contributed by atoms with van der Waals surface area (Å²) in [5.74, 6) is 0. The summed E-state index contributed by atoms with van der Waals surface area (Å²) in [7, 11) is 0. The van der Waals surface area contributed by atoms with E-state index in [4.69, 9.17) is 0 Å². The Kier molecular flexibility index (Phi) is 7.49. The van der Waals surface area contributed by atoms with Crippen molar-refractivity contribution in [3.63, 3.8) is 0 Å². The molecule has 256 valence electrons. The molecule has 0 aliphatic carbocycles. The Balaban J connectivity index is 1.23. The largest absolute Gasteiger partial charge is 0.0622 e. The molecule has 0 saturated carbocycles. The van der Waals surface area contributed by atoms with Crippen LogP contribution in [0.4, 0.5) is 0 Å². The summed E-state index contributed by atoms with van der Waals surface area (Å²) < 4.78 is 0. The van der Waals surface area contributed by atoms with E-state index in [2.05, 4.69) is 209 Å². The summed E-state index contributed by atoms with van der Waals surface area (Å²) >= 11 is 0. The quantitative estimate of drug-likeness (QED) is 0.161. The first-order valence-corrected chi connectivity index (χ1v) is 19.0. The molecule has 0 unspecified atom stereocenters. The molecule has 0 saturated heterocycles. The molecule has 0 heteroatoms. The number of rotatable bonds is 4. The Morgan fingerprint density at radius 3 is 1.17 bits per heavy atom. The van der Waals surface area contributed by atoms with Crippen LogP contribution in [-0.2, 0) is 5.41 Å². The Morgan fingerprint density at radius 2 is 0.667 bits per heavy atom. The lowest BCUT2D eigenvalue weighted by molar-refractivity contribution is 0.591. The molecule has 0 spiro atoms. The molecule has 0 nitrogen and oxygen atoms in total. The first-order valence-electron chi connectivity index (χ1n) is 19.0. The second-order valence-corrected chi connectivity index (χ2v) is 15.6. The van der Waals surface area contributed by atoms with Crippen LogP contribution in [0.5, 0.6) is 0 Å². The number of fused-ring (bicyclic) bond motifs is 5. The Morgan fingerprint density at radius 1 is 0.278 bits per heavy atom. The standard InChI is InChI=1S/C54H40/c1-54(2,3)39-32-33-48-49(34-39)53(41-27-15-19-35-16-7-8-20-40(35)41)47-26-14-13-25-46(47)52(48)38-30-28-37(29-31-38)51-44-23-11-9-21-42(44)50(36-17-5-4-6-18-36)43-22-10-12-24-45(43)51/h4-34H,1-3H3. The average molecular weight is 689 g/mol. The van der Waals surface area contributed by atoms with Gasteiger partial charge in [0.05, 0.1) is 0 Å². The summed E-state index contributed by atoms with van der Waals surface area (Å²) in [5.41, 5.74) is 11.5. The fourth-order valence-corrected chi connectivity index (χ4v) is 8.85. The Labute approximate surface area is 317 Å². The minimum atomic E-state index is 0.0132. The average Bonchev–Trinajstić information content (AvgIpc) is 3.21. The monoisotopic (exact) mass is 688 g/mol. The van der Waals surface area contributed by atoms with E-state index in [-0.39, 0.29) is 5.41 Å². The lowest BCUT2D eigenvalue weighted by Gasteiger charge is -2.23. The van der Waals surface area contributed by atoms with Crippen LogP contribution >= 0.6 is 0 Å². The molecule has 10 rings (SSSR count). The van der Waals surface area contributed by atoms with Gasteiger partial charge in [0.25, 0.3) is 0 Å². The molecule has 0 heterocycles. The molecule has 0 aliphatic heterocycles. The van der Waals surface area contributed by atoms with Crippen LogP contribution < -0.4 is 0 Å². The van der Waals surface area contributed by atoms with Crippen molar-refractivity contribution in [3.05, 3.63) is 194 Å². The van der Waals surface area contributed by atoms with Gasteiger partial charge in [0.2, 0.25) is 0 Å². The summed E-state index contributed by atoms with van der Waals surface area (Å²) in [5, 5.41) is 12.8. The predicted octanol–water partition coefficient (Wildman–Crippen LogP) is 15.4. The molecule has 0 N–H and O–H groups in total. The van der Waals surface area contributed by atoms with Crippen LogP contribution in [0.2, 0.25) is 0 Å². The minimum absolute atomic E-state index is 0.0132. The van der Waals surface area contributed by atoms with Gasteiger partial charge in [-0.3, -0.25) is 0 Å². The van der Waals surface area contributed by atoms with Crippen LogP contribution in [0, 0.1) is 0 Å². The summed E-state index contributed by atoms with van der Waals surface area (Å²) in [6.07, 6.45) is 0. The fourth-order valence-electron chi connectivity index (χ4n) is 8.85. The third-order valence-corrected chi connectivity index (χ3v) is 11.4. The van der Waals surface area contributed by atoms with Gasteiger partial charge < -0.3 is 0 Å². The molecular formula is C54H40. The van der Waals surface area contributed by atoms with Gasteiger partial charge in [-0.1, -0.05) is 203 Å². The zero-order valence-corrected chi connectivity index (χ0v) is 30.9. The summed E-state index contributed by atoms with van der Waals surface area (Å²) in [6.45, 7) is 6.94. The van der Waals surface area contributed by atoms with Crippen LogP contribution in [-0.4, -0.2) is 0 Å². The first-order chi connectivity index (χ1) is 26.5. The lowest BCUT2D eigenvalue weighted by Crippen LogP contribution is -2.10. The van der Waals surface area contributed by atoms with Crippen LogP contribution in [0.25, 0.3) is 98.4 Å². The van der Waals surface area contributed by atoms with Crippen molar-refractivity contribution in [1.82, 2.24) is 0 Å². The van der Waals surface area contributed by atoms with Crippen LogP contribution in [0.3, 0.4) is 0 Å². The molecule has 0 radical (unpaired) electrons. The van der Waals surface area contributed by atoms with E-state index >= 15 is 0 Å². The molecule has 0 bridgehead atoms. The van der Waals surface area contributed by atoms with Gasteiger partial charge in [0.1, 0.15) is 0 Å². The molecular weight excluding hydrogens is 649 g/mol. The zero-order chi connectivity index (χ0) is 36.4. The van der Waals surface area contributed by atoms with Crippen LogP contribution in [0.1, 0.15) is 26.3 Å². The molecule has 10 aromatic rings. The molecule has 54 heavy (non-hydrogen) atoms. The van der Waals surface area contributed by atoms with Gasteiger partial charge in [-0.05, 0) is 115 Å². The highest BCUT2D eigenvalue weighted by Gasteiger charge is 2.22. The van der Waals surface area contributed by atoms with E-state index in [9.17, 15) is 0 Å². The number of benzene rings is 10. The second-order valence-electron chi connectivity index (χ2n) is 15.6. The molecule has 10 aromatic carbocycles. The highest BCUT2D eigenvalue weighted by molar-refractivity contribution is 6.24.